The summed E-state index contributed by atoms with van der Waals surface area (Å²) >= 11 is 0. The van der Waals surface area contributed by atoms with Gasteiger partial charge in [0.1, 0.15) is 0 Å². The number of hydrogen-bond acceptors (Lipinski definition) is 3. The summed E-state index contributed by atoms with van der Waals surface area (Å²) in [6.07, 6.45) is 6.00. The van der Waals surface area contributed by atoms with Gasteiger partial charge in [-0.15, -0.1) is 0 Å². The molecule has 13 heavy (non-hydrogen) atoms. The number of hydrogen-bond donors (Lipinski definition) is 4. The Hall–Kier alpha value is -1.28. The molecule has 0 aliphatic carbocycles. The average Bonchev–Trinajstić information content (AvgIpc) is 2.11. The van der Waals surface area contributed by atoms with Crippen molar-refractivity contribution in [1.29, 1.82) is 10.7 Å². The van der Waals surface area contributed by atoms with E-state index in [9.17, 15) is 0 Å². The molecule has 5 nitrogen and oxygen atoms in total. The summed E-state index contributed by atoms with van der Waals surface area (Å²) in [5, 5.41) is 20.3. The fourth-order valence-corrected chi connectivity index (χ4v) is 0.936. The number of nitriles is 1. The van der Waals surface area contributed by atoms with Crippen molar-refractivity contribution in [2.75, 3.05) is 13.1 Å². The van der Waals surface area contributed by atoms with Gasteiger partial charge in [0.05, 0.1) is 0 Å². The van der Waals surface area contributed by atoms with Crippen LogP contribution in [0.25, 0.3) is 0 Å². The highest BCUT2D eigenvalue weighted by atomic mass is 15.1. The number of rotatable bonds is 6. The molecule has 0 saturated heterocycles. The zero-order chi connectivity index (χ0) is 9.94. The second kappa shape index (κ2) is 8.81. The average molecular weight is 183 g/mol. The summed E-state index contributed by atoms with van der Waals surface area (Å²) in [7, 11) is 0. The van der Waals surface area contributed by atoms with Crippen LogP contribution >= 0.6 is 0 Å². The molecule has 0 aromatic rings. The molecule has 0 aliphatic heterocycles. The van der Waals surface area contributed by atoms with Gasteiger partial charge in [-0.05, 0) is 19.4 Å². The van der Waals surface area contributed by atoms with E-state index in [1.807, 2.05) is 0 Å². The molecule has 0 rings (SSSR count). The van der Waals surface area contributed by atoms with Crippen molar-refractivity contribution in [3.05, 3.63) is 0 Å². The molecule has 0 amide bonds. The third-order valence-electron chi connectivity index (χ3n) is 1.61. The van der Waals surface area contributed by atoms with Gasteiger partial charge in [0.25, 0.3) is 0 Å². The summed E-state index contributed by atoms with van der Waals surface area (Å²) < 4.78 is 0. The molecule has 0 bridgehead atoms. The first-order valence-electron chi connectivity index (χ1n) is 4.49. The summed E-state index contributed by atoms with van der Waals surface area (Å²) in [6, 6.07) is 0. The molecule has 0 aromatic heterocycles. The number of unbranched alkanes of at least 4 members (excludes halogenated alkanes) is 3. The standard InChI is InChI=1S/C8H17N5/c9-5-3-1-2-4-6-12-8(11)13-7-10/h1-6,9H2,(H3,11,12,13). The van der Waals surface area contributed by atoms with Gasteiger partial charge in [-0.1, -0.05) is 12.8 Å². The lowest BCUT2D eigenvalue weighted by molar-refractivity contribution is 0.634. The van der Waals surface area contributed by atoms with Crippen LogP contribution in [-0.4, -0.2) is 19.0 Å². The van der Waals surface area contributed by atoms with Crippen molar-refractivity contribution in [2.45, 2.75) is 25.7 Å². The van der Waals surface area contributed by atoms with E-state index in [0.29, 0.717) is 0 Å². The van der Waals surface area contributed by atoms with Crippen molar-refractivity contribution < 1.29 is 0 Å². The molecule has 0 heterocycles. The third kappa shape index (κ3) is 8.63. The predicted octanol–water partition coefficient (Wildman–Crippen LogP) is 0.101. The highest BCUT2D eigenvalue weighted by molar-refractivity contribution is 5.77. The Morgan fingerprint density at radius 3 is 2.62 bits per heavy atom. The SMILES string of the molecule is N#CNC(=N)NCCCCCCN. The minimum Gasteiger partial charge on any atom is -0.356 e. The van der Waals surface area contributed by atoms with Crippen LogP contribution in [0.15, 0.2) is 0 Å². The summed E-state index contributed by atoms with van der Waals surface area (Å²) in [6.45, 7) is 1.48. The number of nitrogens with one attached hydrogen (secondary N) is 3. The largest absolute Gasteiger partial charge is 0.356 e. The predicted molar refractivity (Wildman–Crippen MR) is 52.0 cm³/mol. The van der Waals surface area contributed by atoms with E-state index < -0.39 is 0 Å². The molecule has 0 spiro atoms. The van der Waals surface area contributed by atoms with Gasteiger partial charge >= 0.3 is 0 Å². The van der Waals surface area contributed by atoms with Crippen LogP contribution in [0.5, 0.6) is 0 Å². The van der Waals surface area contributed by atoms with Crippen molar-refractivity contribution in [2.24, 2.45) is 5.73 Å². The van der Waals surface area contributed by atoms with E-state index in [1.165, 1.54) is 0 Å². The Morgan fingerprint density at radius 2 is 2.00 bits per heavy atom. The Balaban J connectivity index is 3.08. The second-order valence-electron chi connectivity index (χ2n) is 2.74. The maximum Gasteiger partial charge on any atom is 0.201 e. The zero-order valence-corrected chi connectivity index (χ0v) is 7.77. The highest BCUT2D eigenvalue weighted by Crippen LogP contribution is 1.96. The zero-order valence-electron chi connectivity index (χ0n) is 7.77. The molecular formula is C8H17N5. The van der Waals surface area contributed by atoms with Crippen LogP contribution in [0.3, 0.4) is 0 Å². The van der Waals surface area contributed by atoms with Gasteiger partial charge in [0.15, 0.2) is 6.19 Å². The van der Waals surface area contributed by atoms with Gasteiger partial charge in [-0.2, -0.15) is 5.26 Å². The second-order valence-corrected chi connectivity index (χ2v) is 2.74. The normalized spacial score (nSPS) is 8.92. The maximum absolute atomic E-state index is 8.15. The van der Waals surface area contributed by atoms with E-state index in [4.69, 9.17) is 16.4 Å². The summed E-state index contributed by atoms with van der Waals surface area (Å²) in [5.41, 5.74) is 5.34. The van der Waals surface area contributed by atoms with Gasteiger partial charge in [0, 0.05) is 6.54 Å². The Labute approximate surface area is 78.8 Å². The van der Waals surface area contributed by atoms with Crippen molar-refractivity contribution in [3.63, 3.8) is 0 Å². The number of nitrogens with zero attached hydrogens (tertiary/aromatic N) is 1. The monoisotopic (exact) mass is 183 g/mol. The van der Waals surface area contributed by atoms with Crippen LogP contribution in [0.2, 0.25) is 0 Å². The lowest BCUT2D eigenvalue weighted by Gasteiger charge is -2.04. The lowest BCUT2D eigenvalue weighted by atomic mass is 10.2. The van der Waals surface area contributed by atoms with E-state index >= 15 is 0 Å². The van der Waals surface area contributed by atoms with E-state index in [1.54, 1.807) is 6.19 Å². The van der Waals surface area contributed by atoms with Crippen LogP contribution in [0.4, 0.5) is 0 Å². The quantitative estimate of drug-likeness (QED) is 0.154. The molecule has 5 N–H and O–H groups in total. The molecular weight excluding hydrogens is 166 g/mol. The first kappa shape index (κ1) is 11.7. The fraction of sp³-hybridized carbons (Fsp3) is 0.750. The molecule has 5 heteroatoms. The first-order valence-corrected chi connectivity index (χ1v) is 4.49. The van der Waals surface area contributed by atoms with Crippen LogP contribution in [-0.2, 0) is 0 Å². The topological polar surface area (TPSA) is 97.7 Å². The molecule has 0 atom stereocenters. The van der Waals surface area contributed by atoms with Gasteiger partial charge in [-0.25, -0.2) is 0 Å². The van der Waals surface area contributed by atoms with Crippen molar-refractivity contribution in [3.8, 4) is 6.19 Å². The Morgan fingerprint density at radius 1 is 1.31 bits per heavy atom. The minimum absolute atomic E-state index is 0.0707. The number of nitrogens with two attached hydrogens (primary N) is 1. The van der Waals surface area contributed by atoms with Gasteiger partial charge in [-0.3, -0.25) is 10.7 Å². The van der Waals surface area contributed by atoms with E-state index in [0.717, 1.165) is 38.8 Å². The number of guanidine groups is 1. The Kier molecular flexibility index (Phi) is 7.95. The molecule has 0 aromatic carbocycles. The van der Waals surface area contributed by atoms with Gasteiger partial charge in [0.2, 0.25) is 5.96 Å². The van der Waals surface area contributed by atoms with E-state index in [-0.39, 0.29) is 5.96 Å². The molecule has 0 radical (unpaired) electrons. The summed E-state index contributed by atoms with van der Waals surface area (Å²) in [5.74, 6) is 0.0707. The van der Waals surface area contributed by atoms with Crippen LogP contribution in [0, 0.1) is 16.9 Å². The molecule has 74 valence electrons. The fourth-order valence-electron chi connectivity index (χ4n) is 0.936. The minimum atomic E-state index is 0.0707. The Bertz CT molecular complexity index is 172. The molecule has 0 saturated carbocycles. The first-order chi connectivity index (χ1) is 6.31. The highest BCUT2D eigenvalue weighted by Gasteiger charge is 1.92. The summed E-state index contributed by atoms with van der Waals surface area (Å²) in [4.78, 5) is 0. The van der Waals surface area contributed by atoms with Gasteiger partial charge < -0.3 is 11.1 Å². The van der Waals surface area contributed by atoms with E-state index in [2.05, 4.69) is 10.6 Å². The molecule has 0 aliphatic rings. The van der Waals surface area contributed by atoms with Crippen molar-refractivity contribution >= 4 is 5.96 Å². The third-order valence-corrected chi connectivity index (χ3v) is 1.61. The maximum atomic E-state index is 8.15. The molecule has 0 fully saturated rings. The van der Waals surface area contributed by atoms with Crippen molar-refractivity contribution in [1.82, 2.24) is 10.6 Å². The smallest absolute Gasteiger partial charge is 0.201 e. The molecule has 0 unspecified atom stereocenters. The lowest BCUT2D eigenvalue weighted by Crippen LogP contribution is -2.33. The van der Waals surface area contributed by atoms with Crippen LogP contribution in [0.1, 0.15) is 25.7 Å². The van der Waals surface area contributed by atoms with Crippen LogP contribution < -0.4 is 16.4 Å².